The summed E-state index contributed by atoms with van der Waals surface area (Å²) in [4.78, 5) is 22.9. The number of hydrogen-bond acceptors (Lipinski definition) is 6. The Labute approximate surface area is 167 Å². The molecule has 0 unspecified atom stereocenters. The number of nitrogens with zero attached hydrogens (tertiary/aromatic N) is 2. The van der Waals surface area contributed by atoms with Crippen LogP contribution in [-0.2, 0) is 14.8 Å². The monoisotopic (exact) mass is 427 g/mol. The SMILES string of the molecule is COc1ccc(N([C@@H](C)C(=O)Nc2cccc([N+](=O)[O-])c2)S(C)(=O)=O)cc1Cl. The van der Waals surface area contributed by atoms with Gasteiger partial charge in [-0.2, -0.15) is 0 Å². The van der Waals surface area contributed by atoms with E-state index in [0.717, 1.165) is 10.6 Å². The fraction of sp³-hybridized carbons (Fsp3) is 0.235. The highest BCUT2D eigenvalue weighted by Crippen LogP contribution is 2.31. The molecule has 2 aromatic carbocycles. The number of methoxy groups -OCH3 is 1. The van der Waals surface area contributed by atoms with Crippen LogP contribution in [0.1, 0.15) is 6.92 Å². The van der Waals surface area contributed by atoms with Gasteiger partial charge in [-0.1, -0.05) is 17.7 Å². The van der Waals surface area contributed by atoms with E-state index in [4.69, 9.17) is 16.3 Å². The third kappa shape index (κ3) is 4.90. The Balaban J connectivity index is 2.34. The number of nitrogens with one attached hydrogen (secondary N) is 1. The summed E-state index contributed by atoms with van der Waals surface area (Å²) in [6.45, 7) is 1.39. The Morgan fingerprint density at radius 1 is 1.29 bits per heavy atom. The molecule has 2 rings (SSSR count). The lowest BCUT2D eigenvalue weighted by Crippen LogP contribution is -2.45. The van der Waals surface area contributed by atoms with Gasteiger partial charge in [0, 0.05) is 17.8 Å². The third-order valence-electron chi connectivity index (χ3n) is 3.80. The van der Waals surface area contributed by atoms with Crippen molar-refractivity contribution >= 4 is 44.6 Å². The zero-order chi connectivity index (χ0) is 21.1. The molecular weight excluding hydrogens is 410 g/mol. The van der Waals surface area contributed by atoms with Crippen molar-refractivity contribution in [2.45, 2.75) is 13.0 Å². The van der Waals surface area contributed by atoms with E-state index in [1.54, 1.807) is 0 Å². The number of benzene rings is 2. The summed E-state index contributed by atoms with van der Waals surface area (Å²) in [5.41, 5.74) is 0.148. The second-order valence-electron chi connectivity index (χ2n) is 5.85. The van der Waals surface area contributed by atoms with Crippen molar-refractivity contribution in [3.8, 4) is 5.75 Å². The number of rotatable bonds is 7. The lowest BCUT2D eigenvalue weighted by Gasteiger charge is -2.28. The van der Waals surface area contributed by atoms with Gasteiger partial charge >= 0.3 is 0 Å². The van der Waals surface area contributed by atoms with Gasteiger partial charge in [-0.25, -0.2) is 8.42 Å². The molecule has 2 aromatic rings. The summed E-state index contributed by atoms with van der Waals surface area (Å²) in [6.07, 6.45) is 0.961. The van der Waals surface area contributed by atoms with Crippen molar-refractivity contribution in [2.75, 3.05) is 23.0 Å². The molecule has 0 aromatic heterocycles. The molecule has 0 aliphatic heterocycles. The Kier molecular flexibility index (Phi) is 6.47. The van der Waals surface area contributed by atoms with Crippen LogP contribution in [0.3, 0.4) is 0 Å². The summed E-state index contributed by atoms with van der Waals surface area (Å²) < 4.78 is 30.6. The number of carbonyl (C=O) groups excluding carboxylic acids is 1. The lowest BCUT2D eigenvalue weighted by molar-refractivity contribution is -0.384. The number of hydrogen-bond donors (Lipinski definition) is 1. The van der Waals surface area contributed by atoms with Gasteiger partial charge in [0.05, 0.1) is 29.0 Å². The quantitative estimate of drug-likeness (QED) is 0.535. The van der Waals surface area contributed by atoms with E-state index in [0.29, 0.717) is 5.75 Å². The van der Waals surface area contributed by atoms with Crippen LogP contribution in [0.25, 0.3) is 0 Å². The molecule has 0 saturated heterocycles. The molecule has 0 bridgehead atoms. The second-order valence-corrected chi connectivity index (χ2v) is 8.12. The molecule has 150 valence electrons. The largest absolute Gasteiger partial charge is 0.495 e. The highest BCUT2D eigenvalue weighted by atomic mass is 35.5. The zero-order valence-electron chi connectivity index (χ0n) is 15.2. The summed E-state index contributed by atoms with van der Waals surface area (Å²) in [5.74, 6) is -0.314. The third-order valence-corrected chi connectivity index (χ3v) is 5.34. The van der Waals surface area contributed by atoms with Gasteiger partial charge < -0.3 is 10.1 Å². The fourth-order valence-electron chi connectivity index (χ4n) is 2.55. The van der Waals surface area contributed by atoms with Crippen molar-refractivity contribution in [1.82, 2.24) is 0 Å². The van der Waals surface area contributed by atoms with Gasteiger partial charge in [0.15, 0.2) is 0 Å². The Hall–Kier alpha value is -2.85. The summed E-state index contributed by atoms with van der Waals surface area (Å²) in [5, 5.41) is 13.5. The lowest BCUT2D eigenvalue weighted by atomic mass is 10.2. The highest BCUT2D eigenvalue weighted by molar-refractivity contribution is 7.92. The number of nitro groups is 1. The first-order valence-electron chi connectivity index (χ1n) is 7.93. The molecule has 28 heavy (non-hydrogen) atoms. The van der Waals surface area contributed by atoms with E-state index in [9.17, 15) is 23.3 Å². The molecule has 0 aliphatic carbocycles. The fourth-order valence-corrected chi connectivity index (χ4v) is 3.96. The average molecular weight is 428 g/mol. The Morgan fingerprint density at radius 2 is 1.96 bits per heavy atom. The number of anilines is 2. The van der Waals surface area contributed by atoms with Crippen LogP contribution in [0.2, 0.25) is 5.02 Å². The van der Waals surface area contributed by atoms with Crippen LogP contribution in [0.5, 0.6) is 5.75 Å². The first-order chi connectivity index (χ1) is 13.0. The predicted molar refractivity (Wildman–Crippen MR) is 107 cm³/mol. The Morgan fingerprint density at radius 3 is 2.50 bits per heavy atom. The molecule has 1 amide bonds. The predicted octanol–water partition coefficient (Wildman–Crippen LogP) is 3.05. The first kappa shape index (κ1) is 21.5. The number of amides is 1. The zero-order valence-corrected chi connectivity index (χ0v) is 16.8. The van der Waals surface area contributed by atoms with Crippen molar-refractivity contribution in [2.24, 2.45) is 0 Å². The van der Waals surface area contributed by atoms with Crippen molar-refractivity contribution in [3.05, 3.63) is 57.6 Å². The van der Waals surface area contributed by atoms with Crippen LogP contribution in [0.15, 0.2) is 42.5 Å². The van der Waals surface area contributed by atoms with Crippen molar-refractivity contribution in [3.63, 3.8) is 0 Å². The van der Waals surface area contributed by atoms with Gasteiger partial charge in [-0.15, -0.1) is 0 Å². The minimum absolute atomic E-state index is 0.173. The molecule has 0 saturated carbocycles. The Bertz CT molecular complexity index is 1010. The van der Waals surface area contributed by atoms with Crippen LogP contribution in [-0.4, -0.2) is 38.7 Å². The number of carbonyl (C=O) groups is 1. The normalized spacial score (nSPS) is 12.1. The van der Waals surface area contributed by atoms with Crippen LogP contribution in [0, 0.1) is 10.1 Å². The summed E-state index contributed by atoms with van der Waals surface area (Å²) >= 11 is 6.07. The van der Waals surface area contributed by atoms with E-state index < -0.39 is 26.9 Å². The number of halogens is 1. The first-order valence-corrected chi connectivity index (χ1v) is 10.2. The van der Waals surface area contributed by atoms with Crippen LogP contribution < -0.4 is 14.4 Å². The van der Waals surface area contributed by atoms with Crippen LogP contribution >= 0.6 is 11.6 Å². The van der Waals surface area contributed by atoms with Gasteiger partial charge in [0.1, 0.15) is 11.8 Å². The summed E-state index contributed by atoms with van der Waals surface area (Å²) in [7, 11) is -2.43. The van der Waals surface area contributed by atoms with E-state index in [1.165, 1.54) is 56.5 Å². The average Bonchev–Trinajstić information content (AvgIpc) is 2.61. The molecule has 0 aliphatic rings. The topological polar surface area (TPSA) is 119 Å². The number of ether oxygens (including phenoxy) is 1. The molecule has 1 atom stereocenters. The number of nitro benzene ring substituents is 1. The van der Waals surface area contributed by atoms with Crippen molar-refractivity contribution < 1.29 is 22.9 Å². The molecule has 0 fully saturated rings. The highest BCUT2D eigenvalue weighted by Gasteiger charge is 2.30. The maximum atomic E-state index is 12.6. The molecular formula is C17H18ClN3O6S. The second kappa shape index (κ2) is 8.44. The van der Waals surface area contributed by atoms with Gasteiger partial charge in [-0.05, 0) is 31.2 Å². The van der Waals surface area contributed by atoms with E-state index in [1.807, 2.05) is 0 Å². The van der Waals surface area contributed by atoms with E-state index in [-0.39, 0.29) is 22.1 Å². The molecule has 0 heterocycles. The van der Waals surface area contributed by atoms with Gasteiger partial charge in [0.2, 0.25) is 15.9 Å². The molecule has 1 N–H and O–H groups in total. The van der Waals surface area contributed by atoms with Crippen LogP contribution in [0.4, 0.5) is 17.1 Å². The minimum Gasteiger partial charge on any atom is -0.495 e. The molecule has 11 heteroatoms. The summed E-state index contributed by atoms with van der Waals surface area (Å²) in [6, 6.07) is 8.50. The maximum Gasteiger partial charge on any atom is 0.271 e. The smallest absolute Gasteiger partial charge is 0.271 e. The van der Waals surface area contributed by atoms with E-state index in [2.05, 4.69) is 5.32 Å². The van der Waals surface area contributed by atoms with Gasteiger partial charge in [-0.3, -0.25) is 19.2 Å². The molecule has 0 radical (unpaired) electrons. The minimum atomic E-state index is -3.85. The maximum absolute atomic E-state index is 12.6. The molecule has 0 spiro atoms. The van der Waals surface area contributed by atoms with Crippen molar-refractivity contribution in [1.29, 1.82) is 0 Å². The number of sulfonamides is 1. The van der Waals surface area contributed by atoms with E-state index >= 15 is 0 Å². The standard InChI is InChI=1S/C17H18ClN3O6S/c1-11(17(22)19-12-5-4-6-14(9-12)21(23)24)20(28(3,25)26)13-7-8-16(27-2)15(18)10-13/h4-11H,1-3H3,(H,19,22)/t11-/m0/s1. The molecule has 9 nitrogen and oxygen atoms in total. The number of non-ortho nitro benzene ring substituents is 1. The van der Waals surface area contributed by atoms with Gasteiger partial charge in [0.25, 0.3) is 5.69 Å².